The highest BCUT2D eigenvalue weighted by atomic mass is 19.1. The van der Waals surface area contributed by atoms with Gasteiger partial charge in [-0.2, -0.15) is 0 Å². The van der Waals surface area contributed by atoms with Gasteiger partial charge in [0.05, 0.1) is 11.7 Å². The highest BCUT2D eigenvalue weighted by Gasteiger charge is 2.33. The normalized spacial score (nSPS) is 16.0. The summed E-state index contributed by atoms with van der Waals surface area (Å²) >= 11 is 0. The van der Waals surface area contributed by atoms with Crippen LogP contribution < -0.4 is 5.32 Å². The van der Waals surface area contributed by atoms with Crippen LogP contribution in [0.15, 0.2) is 36.7 Å². The second kappa shape index (κ2) is 11.4. The van der Waals surface area contributed by atoms with Crippen molar-refractivity contribution in [2.24, 2.45) is 5.41 Å². The third-order valence-corrected chi connectivity index (χ3v) is 7.84. The van der Waals surface area contributed by atoms with E-state index in [1.54, 1.807) is 6.07 Å². The number of fused-ring (bicyclic) bond motifs is 1. The average Bonchev–Trinajstić information content (AvgIpc) is 3.27. The van der Waals surface area contributed by atoms with E-state index >= 15 is 4.39 Å². The molecule has 1 N–H and O–H groups in total. The fourth-order valence-electron chi connectivity index (χ4n) is 6.04. The zero-order chi connectivity index (χ0) is 29.5. The van der Waals surface area contributed by atoms with Crippen LogP contribution in [0.4, 0.5) is 20.5 Å². The van der Waals surface area contributed by atoms with Gasteiger partial charge in [-0.05, 0) is 56.5 Å². The second-order valence-corrected chi connectivity index (χ2v) is 12.2. The molecule has 1 aliphatic rings. The van der Waals surface area contributed by atoms with Crippen molar-refractivity contribution < 1.29 is 8.78 Å². The number of nitrogens with one attached hydrogen (secondary N) is 1. The summed E-state index contributed by atoms with van der Waals surface area (Å²) in [4.78, 5) is 22.6. The Bertz CT molecular complexity index is 1520. The lowest BCUT2D eigenvalue weighted by atomic mass is 9.81. The smallest absolute Gasteiger partial charge is 0.229 e. The Balaban J connectivity index is 1.40. The van der Waals surface area contributed by atoms with Crippen LogP contribution in [-0.2, 0) is 0 Å². The Labute approximate surface area is 240 Å². The number of rotatable bonds is 7. The summed E-state index contributed by atoms with van der Waals surface area (Å²) in [5.41, 5.74) is 2.36. The molecule has 5 rings (SSSR count). The minimum atomic E-state index is -0.638. The molecule has 1 aromatic carbocycles. The quantitative estimate of drug-likeness (QED) is 0.275. The average molecular weight is 563 g/mol. The topological polar surface area (TPSA) is 75.0 Å². The van der Waals surface area contributed by atoms with Crippen molar-refractivity contribution in [3.63, 3.8) is 0 Å². The van der Waals surface area contributed by atoms with Crippen molar-refractivity contribution in [2.75, 3.05) is 38.0 Å². The van der Waals surface area contributed by atoms with Crippen molar-refractivity contribution >= 4 is 22.8 Å². The monoisotopic (exact) mass is 562 g/mol. The second-order valence-electron chi connectivity index (χ2n) is 12.2. The van der Waals surface area contributed by atoms with Crippen molar-refractivity contribution in [3.05, 3.63) is 59.7 Å². The highest BCUT2D eigenvalue weighted by molar-refractivity contribution is 5.83. The molecule has 3 aromatic heterocycles. The number of aromatic nitrogens is 5. The molecular weight excluding hydrogens is 522 g/mol. The molecule has 41 heavy (non-hydrogen) atoms. The van der Waals surface area contributed by atoms with E-state index in [9.17, 15) is 4.39 Å². The van der Waals surface area contributed by atoms with Crippen molar-refractivity contribution in [3.8, 4) is 11.3 Å². The van der Waals surface area contributed by atoms with E-state index in [-0.39, 0.29) is 34.7 Å². The van der Waals surface area contributed by atoms with E-state index in [1.807, 2.05) is 37.6 Å². The molecule has 1 fully saturated rings. The van der Waals surface area contributed by atoms with Gasteiger partial charge in [0.1, 0.15) is 22.9 Å². The summed E-state index contributed by atoms with van der Waals surface area (Å²) in [6.45, 7) is 20.1. The van der Waals surface area contributed by atoms with Crippen LogP contribution in [0, 0.1) is 24.0 Å². The summed E-state index contributed by atoms with van der Waals surface area (Å²) < 4.78 is 31.9. The number of aryl methyl sites for hydroxylation is 1. The molecule has 4 heterocycles. The van der Waals surface area contributed by atoms with Gasteiger partial charge in [0.2, 0.25) is 5.95 Å². The van der Waals surface area contributed by atoms with E-state index in [0.29, 0.717) is 22.7 Å². The number of benzene rings is 1. The number of likely N-dealkylation sites (N-methyl/N-ethyl adjacent to an activating group) is 1. The fourth-order valence-corrected chi connectivity index (χ4v) is 6.04. The lowest BCUT2D eigenvalue weighted by Crippen LogP contribution is -2.49. The van der Waals surface area contributed by atoms with Crippen LogP contribution >= 0.6 is 0 Å². The van der Waals surface area contributed by atoms with E-state index in [2.05, 4.69) is 68.8 Å². The predicted molar refractivity (Wildman–Crippen MR) is 159 cm³/mol. The van der Waals surface area contributed by atoms with E-state index < -0.39 is 11.6 Å². The number of piperazine rings is 1. The van der Waals surface area contributed by atoms with Gasteiger partial charge in [-0.25, -0.2) is 28.7 Å². The third-order valence-electron chi connectivity index (χ3n) is 7.84. The molecule has 0 radical (unpaired) electrons. The summed E-state index contributed by atoms with van der Waals surface area (Å²) in [5, 5.41) is 3.09. The Morgan fingerprint density at radius 1 is 0.951 bits per heavy atom. The molecule has 0 spiro atoms. The summed E-state index contributed by atoms with van der Waals surface area (Å²) in [7, 11) is 0. The van der Waals surface area contributed by atoms with Gasteiger partial charge < -0.3 is 14.8 Å². The molecule has 0 saturated carbocycles. The predicted octanol–water partition coefficient (Wildman–Crippen LogP) is 6.52. The fraction of sp³-hybridized carbons (Fsp3) is 0.484. The Kier molecular flexibility index (Phi) is 8.07. The van der Waals surface area contributed by atoms with E-state index in [1.165, 1.54) is 6.07 Å². The molecule has 218 valence electrons. The van der Waals surface area contributed by atoms with Gasteiger partial charge in [0, 0.05) is 50.0 Å². The van der Waals surface area contributed by atoms with Crippen LogP contribution in [0.2, 0.25) is 0 Å². The largest absolute Gasteiger partial charge is 0.326 e. The summed E-state index contributed by atoms with van der Waals surface area (Å²) in [6.07, 6.45) is 2.99. The van der Waals surface area contributed by atoms with Crippen LogP contribution in [0.5, 0.6) is 0 Å². The lowest BCUT2D eigenvalue weighted by Gasteiger charge is -2.44. The first-order chi connectivity index (χ1) is 19.5. The molecule has 1 saturated heterocycles. The van der Waals surface area contributed by atoms with Gasteiger partial charge >= 0.3 is 0 Å². The highest BCUT2D eigenvalue weighted by Crippen LogP contribution is 2.38. The molecule has 4 aromatic rings. The van der Waals surface area contributed by atoms with Crippen LogP contribution in [0.3, 0.4) is 0 Å². The van der Waals surface area contributed by atoms with Crippen LogP contribution in [0.1, 0.15) is 65.0 Å². The molecule has 0 unspecified atom stereocenters. The number of hydrogen-bond acceptors (Lipinski definition) is 7. The summed E-state index contributed by atoms with van der Waals surface area (Å²) in [5.74, 6) is 0.266. The van der Waals surface area contributed by atoms with Crippen molar-refractivity contribution in [1.29, 1.82) is 0 Å². The molecule has 10 heteroatoms. The molecule has 0 amide bonds. The Morgan fingerprint density at radius 3 is 2.29 bits per heavy atom. The number of pyridine rings is 1. The summed E-state index contributed by atoms with van der Waals surface area (Å²) in [6, 6.07) is 7.28. The number of nitrogens with zero attached hydrogens (tertiary/aromatic N) is 7. The van der Waals surface area contributed by atoms with Gasteiger partial charge in [-0.3, -0.25) is 4.90 Å². The molecule has 1 atom stereocenters. The Morgan fingerprint density at radius 2 is 1.68 bits per heavy atom. The number of imidazole rings is 1. The number of hydrogen-bond donors (Lipinski definition) is 1. The van der Waals surface area contributed by atoms with Crippen molar-refractivity contribution in [2.45, 2.75) is 60.5 Å². The van der Waals surface area contributed by atoms with Gasteiger partial charge in [0.25, 0.3) is 0 Å². The van der Waals surface area contributed by atoms with Crippen molar-refractivity contribution in [1.82, 2.24) is 34.3 Å². The Hall–Kier alpha value is -3.50. The number of anilines is 2. The van der Waals surface area contributed by atoms with E-state index in [0.717, 1.165) is 44.5 Å². The first-order valence-corrected chi connectivity index (χ1v) is 14.4. The first-order valence-electron chi connectivity index (χ1n) is 14.4. The molecular formula is C31H40F2N8. The maximum atomic E-state index is 15.1. The SMILES string of the molecule is CCN1CCN([C@@H](c2ccc(Nc3ncc(F)c(-c4cc(F)c5nc(C)n(C(C)C)c5c4)n3)nc2)C(C)(C)C)CC1. The molecule has 0 bridgehead atoms. The first kappa shape index (κ1) is 29.0. The van der Waals surface area contributed by atoms with Gasteiger partial charge in [-0.1, -0.05) is 33.8 Å². The minimum absolute atomic E-state index is 0.00750. The van der Waals surface area contributed by atoms with Crippen LogP contribution in [0.25, 0.3) is 22.3 Å². The zero-order valence-corrected chi connectivity index (χ0v) is 25.0. The number of halogens is 2. The zero-order valence-electron chi connectivity index (χ0n) is 25.0. The minimum Gasteiger partial charge on any atom is -0.326 e. The van der Waals surface area contributed by atoms with Gasteiger partial charge in [0.15, 0.2) is 11.6 Å². The van der Waals surface area contributed by atoms with Crippen LogP contribution in [-0.4, -0.2) is 67.0 Å². The molecule has 0 aliphatic carbocycles. The standard InChI is InChI=1S/C31H40F2N8/c1-8-39-11-13-40(14-12-39)29(31(5,6)7)21-9-10-26(34-17-21)37-30-35-18-24(33)27(38-30)22-15-23(32)28-25(16-22)41(19(2)3)20(4)36-28/h9-10,15-19,29H,8,11-14H2,1-7H3,(H,34,35,37,38)/t29-/m0/s1. The maximum Gasteiger partial charge on any atom is 0.229 e. The van der Waals surface area contributed by atoms with E-state index in [4.69, 9.17) is 0 Å². The molecule has 8 nitrogen and oxygen atoms in total. The third kappa shape index (κ3) is 5.94. The maximum absolute atomic E-state index is 15.1. The lowest BCUT2D eigenvalue weighted by molar-refractivity contribution is 0.0463. The molecule has 1 aliphatic heterocycles. The van der Waals surface area contributed by atoms with Gasteiger partial charge in [-0.15, -0.1) is 0 Å².